The number of aryl methyl sites for hydroxylation is 1. The zero-order valence-corrected chi connectivity index (χ0v) is 11.4. The van der Waals surface area contributed by atoms with Crippen molar-refractivity contribution in [3.8, 4) is 0 Å². The Morgan fingerprint density at radius 3 is 3.07 bits per heavy atom. The summed E-state index contributed by atoms with van der Waals surface area (Å²) in [4.78, 5) is 3.43. The van der Waals surface area contributed by atoms with Crippen molar-refractivity contribution in [2.45, 2.75) is 31.0 Å². The number of rotatable bonds is 3. The van der Waals surface area contributed by atoms with Crippen molar-refractivity contribution in [3.05, 3.63) is 21.9 Å². The fourth-order valence-corrected chi connectivity index (χ4v) is 3.84. The summed E-state index contributed by atoms with van der Waals surface area (Å²) < 4.78 is 5.53. The Morgan fingerprint density at radius 1 is 1.60 bits per heavy atom. The maximum Gasteiger partial charge on any atom is 0.0539 e. The molecule has 1 fully saturated rings. The van der Waals surface area contributed by atoms with E-state index in [1.165, 1.54) is 22.6 Å². The molecule has 2 atom stereocenters. The second kappa shape index (κ2) is 5.46. The smallest absolute Gasteiger partial charge is 0.0539 e. The third-order valence-corrected chi connectivity index (χ3v) is 5.77. The van der Waals surface area contributed by atoms with Crippen LogP contribution in [0.25, 0.3) is 0 Å². The molecule has 2 unspecified atom stereocenters. The number of halogens is 1. The Kier molecular flexibility index (Phi) is 4.23. The van der Waals surface area contributed by atoms with Crippen LogP contribution < -0.4 is 0 Å². The van der Waals surface area contributed by atoms with Crippen LogP contribution in [-0.2, 0) is 11.2 Å². The van der Waals surface area contributed by atoms with Gasteiger partial charge in [-0.05, 0) is 37.3 Å². The third-order valence-electron chi connectivity index (χ3n) is 2.91. The van der Waals surface area contributed by atoms with E-state index in [1.54, 1.807) is 0 Å². The van der Waals surface area contributed by atoms with E-state index in [2.05, 4.69) is 35.0 Å². The summed E-state index contributed by atoms with van der Waals surface area (Å²) in [5.41, 5.74) is 0. The van der Waals surface area contributed by atoms with Crippen LogP contribution in [0.1, 0.15) is 34.3 Å². The van der Waals surface area contributed by atoms with E-state index in [4.69, 9.17) is 4.74 Å². The molecule has 1 aliphatic rings. The first kappa shape index (κ1) is 11.6. The number of hydrogen-bond acceptors (Lipinski definition) is 2. The first-order valence-electron chi connectivity index (χ1n) is 5.61. The summed E-state index contributed by atoms with van der Waals surface area (Å²) in [5, 5.41) is 0. The van der Waals surface area contributed by atoms with Crippen molar-refractivity contribution in [1.82, 2.24) is 0 Å². The van der Waals surface area contributed by atoms with Crippen molar-refractivity contribution in [2.75, 3.05) is 13.2 Å². The molecule has 2 rings (SSSR count). The van der Waals surface area contributed by atoms with Crippen LogP contribution in [0.3, 0.4) is 0 Å². The lowest BCUT2D eigenvalue weighted by molar-refractivity contribution is 0.0549. The summed E-state index contributed by atoms with van der Waals surface area (Å²) >= 11 is 5.75. The summed E-state index contributed by atoms with van der Waals surface area (Å²) in [7, 11) is 0. The number of ether oxygens (including phenoxy) is 1. The van der Waals surface area contributed by atoms with Gasteiger partial charge in [0.05, 0.1) is 11.4 Å². The molecule has 1 nitrogen and oxygen atoms in total. The molecule has 0 bridgehead atoms. The average molecular weight is 289 g/mol. The van der Waals surface area contributed by atoms with Gasteiger partial charge in [-0.3, -0.25) is 0 Å². The minimum Gasteiger partial charge on any atom is -0.381 e. The first-order valence-corrected chi connectivity index (χ1v) is 7.35. The van der Waals surface area contributed by atoms with Gasteiger partial charge in [0.15, 0.2) is 0 Å². The van der Waals surface area contributed by atoms with Gasteiger partial charge in [0.25, 0.3) is 0 Å². The summed E-state index contributed by atoms with van der Waals surface area (Å²) in [6.45, 7) is 4.07. The van der Waals surface area contributed by atoms with Crippen molar-refractivity contribution < 1.29 is 4.74 Å². The van der Waals surface area contributed by atoms with Crippen molar-refractivity contribution >= 4 is 27.3 Å². The molecule has 0 amide bonds. The van der Waals surface area contributed by atoms with E-state index in [1.807, 2.05) is 11.3 Å². The molecule has 0 spiro atoms. The van der Waals surface area contributed by atoms with E-state index in [-0.39, 0.29) is 0 Å². The van der Waals surface area contributed by atoms with Gasteiger partial charge < -0.3 is 4.74 Å². The molecule has 0 aliphatic carbocycles. The Labute approximate surface area is 104 Å². The molecule has 84 valence electrons. The van der Waals surface area contributed by atoms with Crippen LogP contribution in [0.5, 0.6) is 0 Å². The predicted octanol–water partition coefficient (Wildman–Crippen LogP) is 4.17. The molecule has 1 saturated heterocycles. The summed E-state index contributed by atoms with van der Waals surface area (Å²) in [6, 6.07) is 4.51. The van der Waals surface area contributed by atoms with Crippen molar-refractivity contribution in [2.24, 2.45) is 5.92 Å². The fraction of sp³-hybridized carbons (Fsp3) is 0.667. The van der Waals surface area contributed by atoms with Crippen LogP contribution in [0.15, 0.2) is 12.1 Å². The monoisotopic (exact) mass is 288 g/mol. The SMILES string of the molecule is CCc1ccc(C(Br)C2CCCOC2)s1. The predicted molar refractivity (Wildman–Crippen MR) is 68.9 cm³/mol. The standard InChI is InChI=1S/C12H17BrOS/c1-2-10-5-6-11(15-10)12(13)9-4-3-7-14-8-9/h5-6,9,12H,2-4,7-8H2,1H3. The Balaban J connectivity index is 2.02. The lowest BCUT2D eigenvalue weighted by Gasteiger charge is -2.25. The molecule has 3 heteroatoms. The minimum atomic E-state index is 0.489. The summed E-state index contributed by atoms with van der Waals surface area (Å²) in [5.74, 6) is 0.655. The van der Waals surface area contributed by atoms with Gasteiger partial charge in [0.2, 0.25) is 0 Å². The summed E-state index contributed by atoms with van der Waals surface area (Å²) in [6.07, 6.45) is 3.64. The minimum absolute atomic E-state index is 0.489. The highest BCUT2D eigenvalue weighted by molar-refractivity contribution is 9.09. The molecule has 15 heavy (non-hydrogen) atoms. The highest BCUT2D eigenvalue weighted by Gasteiger charge is 2.24. The highest BCUT2D eigenvalue weighted by Crippen LogP contribution is 2.39. The zero-order chi connectivity index (χ0) is 10.7. The van der Waals surface area contributed by atoms with Crippen LogP contribution in [-0.4, -0.2) is 13.2 Å². The normalized spacial score (nSPS) is 24.0. The molecular weight excluding hydrogens is 272 g/mol. The molecule has 1 aliphatic heterocycles. The van der Waals surface area contributed by atoms with E-state index in [0.29, 0.717) is 10.7 Å². The van der Waals surface area contributed by atoms with Crippen LogP contribution in [0.4, 0.5) is 0 Å². The zero-order valence-electron chi connectivity index (χ0n) is 9.04. The second-order valence-electron chi connectivity index (χ2n) is 4.04. The second-order valence-corrected chi connectivity index (χ2v) is 6.22. The Morgan fingerprint density at radius 2 is 2.47 bits per heavy atom. The molecule has 2 heterocycles. The van der Waals surface area contributed by atoms with Gasteiger partial charge in [-0.25, -0.2) is 0 Å². The lowest BCUT2D eigenvalue weighted by Crippen LogP contribution is -2.20. The van der Waals surface area contributed by atoms with Crippen molar-refractivity contribution in [1.29, 1.82) is 0 Å². The molecule has 1 aromatic heterocycles. The Bertz CT molecular complexity index is 304. The first-order chi connectivity index (χ1) is 7.31. The van der Waals surface area contributed by atoms with Gasteiger partial charge in [-0.15, -0.1) is 11.3 Å². The lowest BCUT2D eigenvalue weighted by atomic mass is 9.98. The van der Waals surface area contributed by atoms with Gasteiger partial charge in [-0.2, -0.15) is 0 Å². The fourth-order valence-electron chi connectivity index (χ4n) is 1.96. The number of alkyl halides is 1. The van der Waals surface area contributed by atoms with Crippen LogP contribution in [0.2, 0.25) is 0 Å². The third kappa shape index (κ3) is 2.83. The maximum absolute atomic E-state index is 5.53. The molecule has 0 saturated carbocycles. The highest BCUT2D eigenvalue weighted by atomic mass is 79.9. The van der Waals surface area contributed by atoms with E-state index < -0.39 is 0 Å². The molecular formula is C12H17BrOS. The number of hydrogen-bond donors (Lipinski definition) is 0. The molecule has 0 radical (unpaired) electrons. The molecule has 1 aromatic rings. The van der Waals surface area contributed by atoms with Gasteiger partial charge >= 0.3 is 0 Å². The molecule has 0 N–H and O–H groups in total. The molecule has 0 aromatic carbocycles. The quantitative estimate of drug-likeness (QED) is 0.759. The Hall–Kier alpha value is 0.140. The van der Waals surface area contributed by atoms with Crippen LogP contribution in [0, 0.1) is 5.92 Å². The average Bonchev–Trinajstić information content (AvgIpc) is 2.78. The van der Waals surface area contributed by atoms with E-state index >= 15 is 0 Å². The number of thiophene rings is 1. The van der Waals surface area contributed by atoms with E-state index in [0.717, 1.165) is 19.6 Å². The maximum atomic E-state index is 5.53. The van der Waals surface area contributed by atoms with E-state index in [9.17, 15) is 0 Å². The van der Waals surface area contributed by atoms with Crippen molar-refractivity contribution in [3.63, 3.8) is 0 Å². The largest absolute Gasteiger partial charge is 0.381 e. The van der Waals surface area contributed by atoms with Gasteiger partial charge in [0, 0.05) is 16.4 Å². The van der Waals surface area contributed by atoms with Crippen LogP contribution >= 0.6 is 27.3 Å². The topological polar surface area (TPSA) is 9.23 Å². The van der Waals surface area contributed by atoms with Gasteiger partial charge in [-0.1, -0.05) is 22.9 Å². The van der Waals surface area contributed by atoms with Gasteiger partial charge in [0.1, 0.15) is 0 Å².